The van der Waals surface area contributed by atoms with Crippen LogP contribution in [0, 0.1) is 11.8 Å². The smallest absolute Gasteiger partial charge is 0.310 e. The Morgan fingerprint density at radius 2 is 1.41 bits per heavy atom. The molecule has 0 radical (unpaired) electrons. The van der Waals surface area contributed by atoms with E-state index in [-0.39, 0.29) is 5.15 Å². The number of nitrogen functional groups attached to an aromatic ring is 1. The van der Waals surface area contributed by atoms with Gasteiger partial charge in [-0.15, -0.1) is 0 Å². The van der Waals surface area contributed by atoms with Crippen molar-refractivity contribution in [2.75, 3.05) is 5.43 Å². The van der Waals surface area contributed by atoms with Crippen molar-refractivity contribution in [3.8, 4) is 0 Å². The summed E-state index contributed by atoms with van der Waals surface area (Å²) in [4.78, 5) is 48.8. The molecule has 0 amide bonds. The second-order valence-corrected chi connectivity index (χ2v) is 7.22. The predicted octanol–water partition coefficient (Wildman–Crippen LogP) is -0.168. The molecule has 2 aromatic heterocycles. The van der Waals surface area contributed by atoms with Gasteiger partial charge >= 0.3 is 11.4 Å². The lowest BCUT2D eigenvalue weighted by atomic mass is 10.4. The quantitative estimate of drug-likeness (QED) is 0.313. The Kier molecular flexibility index (Phi) is 5.66. The molecule has 0 atom stereocenters. The van der Waals surface area contributed by atoms with Crippen molar-refractivity contribution in [2.45, 2.75) is 38.8 Å². The van der Waals surface area contributed by atoms with Gasteiger partial charge in [-0.05, 0) is 37.5 Å². The third kappa shape index (κ3) is 5.20. The molecule has 0 spiro atoms. The van der Waals surface area contributed by atoms with Crippen molar-refractivity contribution in [1.29, 1.82) is 0 Å². The Hall–Kier alpha value is -2.59. The van der Waals surface area contributed by atoms with Crippen LogP contribution < -0.4 is 33.8 Å². The third-order valence-electron chi connectivity index (χ3n) is 4.44. The molecular weight excluding hydrogens is 376 g/mol. The zero-order chi connectivity index (χ0) is 19.6. The Morgan fingerprint density at radius 3 is 1.89 bits per heavy atom. The molecule has 0 unspecified atom stereocenters. The van der Waals surface area contributed by atoms with Gasteiger partial charge in [0.05, 0.1) is 0 Å². The third-order valence-corrected chi connectivity index (χ3v) is 4.75. The van der Waals surface area contributed by atoms with Crippen LogP contribution in [0.1, 0.15) is 25.7 Å². The number of hydrazine groups is 1. The maximum atomic E-state index is 11.4. The monoisotopic (exact) mass is 396 g/mol. The molecule has 0 saturated heterocycles. The van der Waals surface area contributed by atoms with Crippen molar-refractivity contribution in [3.63, 3.8) is 0 Å². The normalized spacial score (nSPS) is 15.8. The minimum absolute atomic E-state index is 0.223. The van der Waals surface area contributed by atoms with Gasteiger partial charge < -0.3 is 5.43 Å². The van der Waals surface area contributed by atoms with Gasteiger partial charge in [0, 0.05) is 25.2 Å². The Balaban J connectivity index is 0.000000156. The van der Waals surface area contributed by atoms with Gasteiger partial charge in [0.25, 0.3) is 11.1 Å². The molecule has 10 nitrogen and oxygen atoms in total. The number of nitrogens with two attached hydrogens (primary N) is 1. The molecule has 2 heterocycles. The molecule has 2 fully saturated rings. The van der Waals surface area contributed by atoms with Crippen LogP contribution in [0.3, 0.4) is 0 Å². The van der Waals surface area contributed by atoms with E-state index in [2.05, 4.69) is 15.4 Å². The highest BCUT2D eigenvalue weighted by Crippen LogP contribution is 2.31. The van der Waals surface area contributed by atoms with Crippen molar-refractivity contribution < 1.29 is 0 Å². The Labute approximate surface area is 158 Å². The maximum Gasteiger partial charge on any atom is 0.329 e. The number of aromatic amines is 2. The average Bonchev–Trinajstić information content (AvgIpc) is 3.49. The van der Waals surface area contributed by atoms with E-state index < -0.39 is 22.5 Å². The van der Waals surface area contributed by atoms with Gasteiger partial charge in [-0.2, -0.15) is 0 Å². The first kappa shape index (κ1) is 19.2. The number of hydrogen-bond acceptors (Lipinski definition) is 6. The summed E-state index contributed by atoms with van der Waals surface area (Å²) in [6.07, 6.45) is 4.55. The number of aromatic nitrogens is 4. The van der Waals surface area contributed by atoms with E-state index in [1.165, 1.54) is 21.3 Å². The van der Waals surface area contributed by atoms with Crippen LogP contribution in [-0.2, 0) is 13.1 Å². The lowest BCUT2D eigenvalue weighted by Gasteiger charge is -2.09. The molecule has 2 aliphatic carbocycles. The van der Waals surface area contributed by atoms with E-state index in [0.717, 1.165) is 25.7 Å². The molecule has 2 saturated carbocycles. The summed E-state index contributed by atoms with van der Waals surface area (Å²) < 4.78 is 2.86. The highest BCUT2D eigenvalue weighted by atomic mass is 35.5. The van der Waals surface area contributed by atoms with E-state index in [4.69, 9.17) is 17.4 Å². The highest BCUT2D eigenvalue weighted by Gasteiger charge is 2.24. The first-order chi connectivity index (χ1) is 12.9. The first-order valence-corrected chi connectivity index (χ1v) is 9.05. The molecule has 2 aromatic rings. The number of rotatable bonds is 5. The molecule has 0 bridgehead atoms. The largest absolute Gasteiger partial charge is 0.329 e. The average molecular weight is 397 g/mol. The number of nitrogens with one attached hydrogen (secondary N) is 3. The lowest BCUT2D eigenvalue weighted by Crippen LogP contribution is -2.33. The summed E-state index contributed by atoms with van der Waals surface area (Å²) >= 11 is 5.75. The zero-order valence-electron chi connectivity index (χ0n) is 14.5. The van der Waals surface area contributed by atoms with Crippen molar-refractivity contribution in [2.24, 2.45) is 17.7 Å². The van der Waals surface area contributed by atoms with Gasteiger partial charge in [-0.3, -0.25) is 28.7 Å². The second kappa shape index (κ2) is 7.97. The minimum atomic E-state index is -0.443. The van der Waals surface area contributed by atoms with Gasteiger partial charge in [0.2, 0.25) is 0 Å². The predicted molar refractivity (Wildman–Crippen MR) is 101 cm³/mol. The van der Waals surface area contributed by atoms with Crippen LogP contribution in [-0.4, -0.2) is 19.1 Å². The molecular formula is C16H21ClN6O4. The first-order valence-electron chi connectivity index (χ1n) is 8.68. The van der Waals surface area contributed by atoms with E-state index in [1.807, 2.05) is 0 Å². The molecule has 5 N–H and O–H groups in total. The number of anilines is 1. The van der Waals surface area contributed by atoms with Gasteiger partial charge in [0.1, 0.15) is 11.0 Å². The van der Waals surface area contributed by atoms with Crippen molar-refractivity contribution in [1.82, 2.24) is 19.1 Å². The summed E-state index contributed by atoms with van der Waals surface area (Å²) in [6, 6.07) is 2.51. The van der Waals surface area contributed by atoms with Crippen LogP contribution in [0.15, 0.2) is 31.3 Å². The van der Waals surface area contributed by atoms with E-state index in [1.54, 1.807) is 0 Å². The van der Waals surface area contributed by atoms with E-state index in [9.17, 15) is 19.2 Å². The maximum absolute atomic E-state index is 11.4. The minimum Gasteiger partial charge on any atom is -0.310 e. The molecule has 0 aliphatic heterocycles. The zero-order valence-corrected chi connectivity index (χ0v) is 15.3. The van der Waals surface area contributed by atoms with E-state index in [0.29, 0.717) is 30.7 Å². The molecule has 0 aromatic carbocycles. The van der Waals surface area contributed by atoms with Gasteiger partial charge in [0.15, 0.2) is 0 Å². The van der Waals surface area contributed by atoms with Crippen LogP contribution in [0.4, 0.5) is 5.82 Å². The van der Waals surface area contributed by atoms with Crippen molar-refractivity contribution in [3.05, 3.63) is 59.0 Å². The summed E-state index contributed by atoms with van der Waals surface area (Å²) in [5.74, 6) is 6.69. The highest BCUT2D eigenvalue weighted by molar-refractivity contribution is 6.29. The second-order valence-electron chi connectivity index (χ2n) is 6.84. The van der Waals surface area contributed by atoms with Gasteiger partial charge in [-0.25, -0.2) is 15.4 Å². The summed E-state index contributed by atoms with van der Waals surface area (Å²) in [5, 5.41) is 0.223. The summed E-state index contributed by atoms with van der Waals surface area (Å²) in [5.41, 5.74) is 0.658. The fourth-order valence-corrected chi connectivity index (χ4v) is 2.85. The van der Waals surface area contributed by atoms with E-state index >= 15 is 0 Å². The molecule has 146 valence electrons. The Bertz CT molecular complexity index is 1040. The number of nitrogens with zero attached hydrogens (tertiary/aromatic N) is 2. The summed E-state index contributed by atoms with van der Waals surface area (Å²) in [7, 11) is 0. The molecule has 4 rings (SSSR count). The number of hydrogen-bond donors (Lipinski definition) is 4. The van der Waals surface area contributed by atoms with Crippen molar-refractivity contribution >= 4 is 17.4 Å². The van der Waals surface area contributed by atoms with Crippen LogP contribution in [0.5, 0.6) is 0 Å². The fraction of sp³-hybridized carbons (Fsp3) is 0.500. The fourth-order valence-electron chi connectivity index (χ4n) is 2.60. The van der Waals surface area contributed by atoms with Crippen LogP contribution in [0.2, 0.25) is 5.15 Å². The van der Waals surface area contributed by atoms with Crippen LogP contribution >= 0.6 is 11.6 Å². The SMILES string of the molecule is NNc1cc(=O)[nH]c(=O)n1CC1CC1.O=c1cc(Cl)n(CC2CC2)c(=O)[nH]1. The molecule has 27 heavy (non-hydrogen) atoms. The number of halogens is 1. The Morgan fingerprint density at radius 1 is 0.926 bits per heavy atom. The number of H-pyrrole nitrogens is 2. The standard InChI is InChI=1S/C8H9ClN2O2.C8H12N4O2/c9-6-3-7(12)10-8(13)11(6)4-5-1-2-5;9-11-6-3-7(13)10-8(14)12(6)4-5-1-2-5/h3,5H,1-2,4H2,(H,10,12,13);3,5,11H,1-2,4,9H2,(H,10,13,14). The molecule has 2 aliphatic rings. The van der Waals surface area contributed by atoms with Gasteiger partial charge in [-0.1, -0.05) is 11.6 Å². The topological polar surface area (TPSA) is 148 Å². The molecule has 11 heteroatoms. The lowest BCUT2D eigenvalue weighted by molar-refractivity contribution is 0.590. The summed E-state index contributed by atoms with van der Waals surface area (Å²) in [6.45, 7) is 1.24. The van der Waals surface area contributed by atoms with Crippen LogP contribution in [0.25, 0.3) is 0 Å².